The molecule has 0 spiro atoms. The molecule has 0 aliphatic heterocycles. The zero-order valence-electron chi connectivity index (χ0n) is 8.79. The lowest BCUT2D eigenvalue weighted by molar-refractivity contribution is 0.0696. The maximum absolute atomic E-state index is 10.7. The molecule has 1 aromatic heterocycles. The smallest absolute Gasteiger partial charge is 0.337 e. The number of aromatic nitrogens is 1. The molecule has 4 N–H and O–H groups in total. The molecule has 0 unspecified atom stereocenters. The van der Waals surface area contributed by atoms with E-state index in [2.05, 4.69) is 4.98 Å². The van der Waals surface area contributed by atoms with Gasteiger partial charge in [-0.05, 0) is 18.2 Å². The summed E-state index contributed by atoms with van der Waals surface area (Å²) in [5.74, 6) is -1.04. The molecule has 0 aliphatic carbocycles. The summed E-state index contributed by atoms with van der Waals surface area (Å²) in [6.07, 6.45) is 1.21. The van der Waals surface area contributed by atoms with E-state index in [1.54, 1.807) is 18.2 Å². The molecule has 0 bridgehead atoms. The lowest BCUT2D eigenvalue weighted by Crippen LogP contribution is -2.01. The van der Waals surface area contributed by atoms with Gasteiger partial charge in [-0.25, -0.2) is 4.79 Å². The Labute approximate surface area is 97.2 Å². The van der Waals surface area contributed by atoms with Gasteiger partial charge in [0.1, 0.15) is 5.75 Å². The Morgan fingerprint density at radius 1 is 1.29 bits per heavy atom. The number of carbonyl (C=O) groups is 1. The lowest BCUT2D eigenvalue weighted by Gasteiger charge is -2.07. The van der Waals surface area contributed by atoms with E-state index in [1.165, 1.54) is 18.3 Å². The zero-order chi connectivity index (χ0) is 12.4. The van der Waals surface area contributed by atoms with E-state index in [0.29, 0.717) is 11.3 Å². The second kappa shape index (κ2) is 4.13. The SMILES string of the molecule is Nc1cc(C(=O)O)cnc1-c1ccccc1O. The van der Waals surface area contributed by atoms with E-state index < -0.39 is 5.97 Å². The Hall–Kier alpha value is -2.56. The van der Waals surface area contributed by atoms with Crippen LogP contribution in [0.4, 0.5) is 5.69 Å². The molecule has 1 heterocycles. The van der Waals surface area contributed by atoms with Gasteiger partial charge in [-0.1, -0.05) is 12.1 Å². The van der Waals surface area contributed by atoms with Crippen LogP contribution in [0.3, 0.4) is 0 Å². The van der Waals surface area contributed by atoms with Crippen LogP contribution in [0.2, 0.25) is 0 Å². The molecule has 17 heavy (non-hydrogen) atoms. The first kappa shape index (κ1) is 10.9. The molecule has 2 aromatic rings. The van der Waals surface area contributed by atoms with Crippen molar-refractivity contribution in [2.45, 2.75) is 0 Å². The number of carboxylic acids is 1. The number of nitrogens with two attached hydrogens (primary N) is 1. The van der Waals surface area contributed by atoms with Gasteiger partial charge in [0, 0.05) is 11.8 Å². The molecule has 0 amide bonds. The zero-order valence-corrected chi connectivity index (χ0v) is 8.79. The fourth-order valence-electron chi connectivity index (χ4n) is 1.50. The molecule has 0 fully saturated rings. The number of hydrogen-bond acceptors (Lipinski definition) is 4. The van der Waals surface area contributed by atoms with Gasteiger partial charge >= 0.3 is 5.97 Å². The van der Waals surface area contributed by atoms with Crippen molar-refractivity contribution in [1.29, 1.82) is 0 Å². The van der Waals surface area contributed by atoms with Crippen LogP contribution in [0.15, 0.2) is 36.5 Å². The number of phenols is 1. The first-order valence-electron chi connectivity index (χ1n) is 4.87. The summed E-state index contributed by atoms with van der Waals surface area (Å²) in [6, 6.07) is 7.91. The summed E-state index contributed by atoms with van der Waals surface area (Å²) < 4.78 is 0. The summed E-state index contributed by atoms with van der Waals surface area (Å²) in [5.41, 5.74) is 6.80. The lowest BCUT2D eigenvalue weighted by atomic mass is 10.1. The third-order valence-corrected chi connectivity index (χ3v) is 2.32. The maximum atomic E-state index is 10.7. The number of benzene rings is 1. The highest BCUT2D eigenvalue weighted by Gasteiger charge is 2.11. The van der Waals surface area contributed by atoms with Gasteiger partial charge in [0.2, 0.25) is 0 Å². The second-order valence-corrected chi connectivity index (χ2v) is 3.48. The number of anilines is 1. The highest BCUT2D eigenvalue weighted by molar-refractivity contribution is 5.90. The fraction of sp³-hybridized carbons (Fsp3) is 0. The Bertz CT molecular complexity index is 582. The van der Waals surface area contributed by atoms with Crippen LogP contribution in [-0.2, 0) is 0 Å². The molecule has 0 atom stereocenters. The van der Waals surface area contributed by atoms with Crippen molar-refractivity contribution in [2.75, 3.05) is 5.73 Å². The number of rotatable bonds is 2. The molecule has 5 heteroatoms. The van der Waals surface area contributed by atoms with Crippen molar-refractivity contribution in [3.05, 3.63) is 42.1 Å². The number of aromatic carboxylic acids is 1. The van der Waals surface area contributed by atoms with Crippen LogP contribution in [-0.4, -0.2) is 21.2 Å². The minimum atomic E-state index is -1.09. The predicted octanol–water partition coefficient (Wildman–Crippen LogP) is 1.73. The van der Waals surface area contributed by atoms with Gasteiger partial charge in [-0.3, -0.25) is 4.98 Å². The van der Waals surface area contributed by atoms with Crippen LogP contribution in [0.5, 0.6) is 5.75 Å². The molecule has 1 aromatic carbocycles. The Kier molecular flexibility index (Phi) is 2.66. The third-order valence-electron chi connectivity index (χ3n) is 2.32. The van der Waals surface area contributed by atoms with Crippen LogP contribution in [0, 0.1) is 0 Å². The number of aromatic hydroxyl groups is 1. The number of nitrogens with zero attached hydrogens (tertiary/aromatic N) is 1. The molecule has 0 saturated heterocycles. The van der Waals surface area contributed by atoms with Crippen molar-refractivity contribution in [2.24, 2.45) is 0 Å². The van der Waals surface area contributed by atoms with E-state index in [4.69, 9.17) is 10.8 Å². The molecular weight excluding hydrogens is 220 g/mol. The standard InChI is InChI=1S/C12H10N2O3/c13-9-5-7(12(16)17)6-14-11(9)8-3-1-2-4-10(8)15/h1-6,15H,13H2,(H,16,17). The monoisotopic (exact) mass is 230 g/mol. The average Bonchev–Trinajstić information content (AvgIpc) is 2.30. The van der Waals surface area contributed by atoms with Crippen molar-refractivity contribution >= 4 is 11.7 Å². The van der Waals surface area contributed by atoms with Crippen LogP contribution in [0.25, 0.3) is 11.3 Å². The Morgan fingerprint density at radius 2 is 2.00 bits per heavy atom. The van der Waals surface area contributed by atoms with Gasteiger partial charge in [0.25, 0.3) is 0 Å². The van der Waals surface area contributed by atoms with Crippen molar-refractivity contribution < 1.29 is 15.0 Å². The van der Waals surface area contributed by atoms with E-state index in [9.17, 15) is 9.90 Å². The Morgan fingerprint density at radius 3 is 2.59 bits per heavy atom. The summed E-state index contributed by atoms with van der Waals surface area (Å²) >= 11 is 0. The van der Waals surface area contributed by atoms with E-state index in [-0.39, 0.29) is 17.0 Å². The average molecular weight is 230 g/mol. The second-order valence-electron chi connectivity index (χ2n) is 3.48. The largest absolute Gasteiger partial charge is 0.507 e. The minimum Gasteiger partial charge on any atom is -0.507 e. The number of pyridine rings is 1. The van der Waals surface area contributed by atoms with E-state index in [1.807, 2.05) is 0 Å². The summed E-state index contributed by atoms with van der Waals surface area (Å²) in [7, 11) is 0. The fourth-order valence-corrected chi connectivity index (χ4v) is 1.50. The van der Waals surface area contributed by atoms with E-state index >= 15 is 0 Å². The summed E-state index contributed by atoms with van der Waals surface area (Å²) in [6.45, 7) is 0. The number of nitrogen functional groups attached to an aromatic ring is 1. The topological polar surface area (TPSA) is 96.4 Å². The predicted molar refractivity (Wildman–Crippen MR) is 62.7 cm³/mol. The van der Waals surface area contributed by atoms with Gasteiger partial charge < -0.3 is 15.9 Å². The van der Waals surface area contributed by atoms with Gasteiger partial charge in [0.15, 0.2) is 0 Å². The van der Waals surface area contributed by atoms with Crippen LogP contribution < -0.4 is 5.73 Å². The highest BCUT2D eigenvalue weighted by atomic mass is 16.4. The molecule has 0 radical (unpaired) electrons. The van der Waals surface area contributed by atoms with Crippen molar-refractivity contribution in [3.8, 4) is 17.0 Å². The van der Waals surface area contributed by atoms with Crippen LogP contribution >= 0.6 is 0 Å². The number of carboxylic acid groups (broad SMARTS) is 1. The molecule has 0 aliphatic rings. The molecule has 0 saturated carbocycles. The first-order chi connectivity index (χ1) is 8.09. The summed E-state index contributed by atoms with van der Waals surface area (Å²) in [5, 5.41) is 18.4. The minimum absolute atomic E-state index is 0.0154. The molecule has 2 rings (SSSR count). The third kappa shape index (κ3) is 2.03. The van der Waals surface area contributed by atoms with Crippen molar-refractivity contribution in [3.63, 3.8) is 0 Å². The normalized spacial score (nSPS) is 10.1. The summed E-state index contributed by atoms with van der Waals surface area (Å²) in [4.78, 5) is 14.7. The van der Waals surface area contributed by atoms with Gasteiger partial charge in [-0.15, -0.1) is 0 Å². The van der Waals surface area contributed by atoms with Crippen molar-refractivity contribution in [1.82, 2.24) is 4.98 Å². The molecule has 5 nitrogen and oxygen atoms in total. The van der Waals surface area contributed by atoms with Gasteiger partial charge in [0.05, 0.1) is 16.9 Å². The first-order valence-corrected chi connectivity index (χ1v) is 4.87. The number of hydrogen-bond donors (Lipinski definition) is 3. The quantitative estimate of drug-likeness (QED) is 0.730. The maximum Gasteiger partial charge on any atom is 0.337 e. The number of para-hydroxylation sites is 1. The molecule has 86 valence electrons. The van der Waals surface area contributed by atoms with Crippen LogP contribution in [0.1, 0.15) is 10.4 Å². The van der Waals surface area contributed by atoms with E-state index in [0.717, 1.165) is 0 Å². The Balaban J connectivity index is 2.55. The number of phenolic OH excluding ortho intramolecular Hbond substituents is 1. The molecular formula is C12H10N2O3. The highest BCUT2D eigenvalue weighted by Crippen LogP contribution is 2.31. The van der Waals surface area contributed by atoms with Gasteiger partial charge in [-0.2, -0.15) is 0 Å².